The van der Waals surface area contributed by atoms with Crippen LogP contribution in [0.3, 0.4) is 0 Å². The van der Waals surface area contributed by atoms with Crippen LogP contribution >= 0.6 is 0 Å². The highest BCUT2D eigenvalue weighted by Gasteiger charge is 2.31. The number of pyridine rings is 1. The zero-order valence-electron chi connectivity index (χ0n) is 14.9. The number of benzene rings is 1. The third kappa shape index (κ3) is 5.12. The maximum atomic E-state index is 12.3. The summed E-state index contributed by atoms with van der Waals surface area (Å²) in [6.07, 6.45) is -3.53. The van der Waals surface area contributed by atoms with Crippen molar-refractivity contribution in [3.8, 4) is 34.6 Å². The number of ether oxygens (including phenoxy) is 2. The molecular weight excluding hydrogens is 361 g/mol. The van der Waals surface area contributed by atoms with Gasteiger partial charge in [-0.05, 0) is 42.7 Å². The summed E-state index contributed by atoms with van der Waals surface area (Å²) in [5, 5.41) is 9.71. The first kappa shape index (κ1) is 20.6. The fourth-order valence-corrected chi connectivity index (χ4v) is 2.61. The largest absolute Gasteiger partial charge is 0.574 e. The lowest BCUT2D eigenvalue weighted by Crippen LogP contribution is -2.17. The van der Waals surface area contributed by atoms with Gasteiger partial charge in [0.25, 0.3) is 0 Å². The van der Waals surface area contributed by atoms with Crippen LogP contribution in [0.25, 0.3) is 11.1 Å². The minimum Gasteiger partial charge on any atom is -0.480 e. The molecular formula is C19H19F3N2O3. The minimum absolute atomic E-state index is 0.133. The minimum atomic E-state index is -4.80. The van der Waals surface area contributed by atoms with Crippen LogP contribution in [0, 0.1) is 18.8 Å². The van der Waals surface area contributed by atoms with Gasteiger partial charge in [0, 0.05) is 29.9 Å². The number of aliphatic hydroxyl groups excluding tert-OH is 1. The molecule has 0 unspecified atom stereocenters. The van der Waals surface area contributed by atoms with Crippen molar-refractivity contribution in [2.75, 3.05) is 6.61 Å². The van der Waals surface area contributed by atoms with Gasteiger partial charge in [0.1, 0.15) is 12.4 Å². The normalized spacial score (nSPS) is 10.9. The molecule has 5 nitrogen and oxygen atoms in total. The monoisotopic (exact) mass is 380 g/mol. The van der Waals surface area contributed by atoms with Crippen molar-refractivity contribution in [3.05, 3.63) is 41.1 Å². The van der Waals surface area contributed by atoms with E-state index in [1.807, 2.05) is 0 Å². The van der Waals surface area contributed by atoms with Crippen molar-refractivity contribution in [2.24, 2.45) is 5.73 Å². The molecule has 0 bridgehead atoms. The first-order valence-corrected chi connectivity index (χ1v) is 8.01. The van der Waals surface area contributed by atoms with E-state index in [0.717, 1.165) is 6.07 Å². The standard InChI is InChI=1S/C19H19F3N2O3/c1-3-4-7-26-18-12(2)15(8-14(9-23)16(18)11-25)13-5-6-17(24-10-13)27-19(20,21)22/h5-6,8,10,25H,7,9,11,23H2,1-2H3. The molecule has 0 fully saturated rings. The molecule has 0 radical (unpaired) electrons. The van der Waals surface area contributed by atoms with Crippen molar-refractivity contribution in [1.82, 2.24) is 4.98 Å². The molecule has 1 heterocycles. The third-order valence-corrected chi connectivity index (χ3v) is 3.84. The molecule has 0 saturated carbocycles. The molecule has 3 N–H and O–H groups in total. The Morgan fingerprint density at radius 1 is 1.30 bits per heavy atom. The van der Waals surface area contributed by atoms with Crippen LogP contribution < -0.4 is 15.2 Å². The second-order valence-corrected chi connectivity index (χ2v) is 5.53. The lowest BCUT2D eigenvalue weighted by atomic mass is 9.94. The summed E-state index contributed by atoms with van der Waals surface area (Å²) in [6.45, 7) is 3.49. The van der Waals surface area contributed by atoms with E-state index in [1.54, 1.807) is 19.9 Å². The van der Waals surface area contributed by atoms with Gasteiger partial charge in [0.2, 0.25) is 5.88 Å². The summed E-state index contributed by atoms with van der Waals surface area (Å²) >= 11 is 0. The molecule has 0 spiro atoms. The van der Waals surface area contributed by atoms with E-state index >= 15 is 0 Å². The van der Waals surface area contributed by atoms with E-state index in [0.29, 0.717) is 33.6 Å². The number of rotatable bonds is 6. The molecule has 0 saturated heterocycles. The highest BCUT2D eigenvalue weighted by molar-refractivity contribution is 5.72. The lowest BCUT2D eigenvalue weighted by Gasteiger charge is -2.19. The molecule has 0 aliphatic heterocycles. The first-order valence-electron chi connectivity index (χ1n) is 8.01. The summed E-state index contributed by atoms with van der Waals surface area (Å²) in [4.78, 5) is 3.70. The van der Waals surface area contributed by atoms with Gasteiger partial charge in [0.15, 0.2) is 0 Å². The first-order chi connectivity index (χ1) is 12.8. The molecule has 8 heteroatoms. The summed E-state index contributed by atoms with van der Waals surface area (Å²) < 4.78 is 46.4. The Kier molecular flexibility index (Phi) is 6.66. The quantitative estimate of drug-likeness (QED) is 0.752. The number of hydrogen-bond acceptors (Lipinski definition) is 5. The third-order valence-electron chi connectivity index (χ3n) is 3.84. The second kappa shape index (κ2) is 8.75. The number of halogens is 3. The number of alkyl halides is 3. The predicted molar refractivity (Wildman–Crippen MR) is 93.9 cm³/mol. The average Bonchev–Trinajstić information content (AvgIpc) is 2.62. The molecule has 144 valence electrons. The van der Waals surface area contributed by atoms with Crippen molar-refractivity contribution in [2.45, 2.75) is 33.4 Å². The molecule has 0 aliphatic rings. The number of nitrogens with zero attached hydrogens (tertiary/aromatic N) is 1. The smallest absolute Gasteiger partial charge is 0.480 e. The Hall–Kier alpha value is -2.76. The van der Waals surface area contributed by atoms with Crippen molar-refractivity contribution < 1.29 is 27.8 Å². The Morgan fingerprint density at radius 3 is 2.56 bits per heavy atom. The second-order valence-electron chi connectivity index (χ2n) is 5.53. The molecule has 2 rings (SSSR count). The maximum Gasteiger partial charge on any atom is 0.574 e. The van der Waals surface area contributed by atoms with Crippen LogP contribution in [-0.4, -0.2) is 23.1 Å². The number of aliphatic hydroxyl groups is 1. The van der Waals surface area contributed by atoms with Gasteiger partial charge in [-0.3, -0.25) is 0 Å². The molecule has 1 aromatic heterocycles. The van der Waals surface area contributed by atoms with E-state index in [1.165, 1.54) is 12.3 Å². The molecule has 0 amide bonds. The summed E-state index contributed by atoms with van der Waals surface area (Å²) in [5.41, 5.74) is 8.94. The lowest BCUT2D eigenvalue weighted by molar-refractivity contribution is -0.276. The maximum absolute atomic E-state index is 12.3. The number of aromatic nitrogens is 1. The Bertz CT molecular complexity index is 854. The summed E-state index contributed by atoms with van der Waals surface area (Å²) in [5.74, 6) is 5.40. The van der Waals surface area contributed by atoms with Gasteiger partial charge in [-0.2, -0.15) is 0 Å². The van der Waals surface area contributed by atoms with Crippen LogP contribution in [0.2, 0.25) is 0 Å². The molecule has 2 aromatic rings. The number of nitrogens with two attached hydrogens (primary N) is 1. The van der Waals surface area contributed by atoms with Crippen LogP contribution in [0.5, 0.6) is 11.6 Å². The van der Waals surface area contributed by atoms with Gasteiger partial charge in [-0.1, -0.05) is 5.92 Å². The topological polar surface area (TPSA) is 77.6 Å². The Morgan fingerprint density at radius 2 is 2.04 bits per heavy atom. The van der Waals surface area contributed by atoms with Crippen molar-refractivity contribution in [1.29, 1.82) is 0 Å². The van der Waals surface area contributed by atoms with Crippen molar-refractivity contribution in [3.63, 3.8) is 0 Å². The molecule has 0 atom stereocenters. The van der Waals surface area contributed by atoms with Crippen molar-refractivity contribution >= 4 is 0 Å². The van der Waals surface area contributed by atoms with Gasteiger partial charge in [-0.25, -0.2) is 4.98 Å². The van der Waals surface area contributed by atoms with E-state index < -0.39 is 12.2 Å². The number of hydrogen-bond donors (Lipinski definition) is 2. The van der Waals surface area contributed by atoms with Crippen LogP contribution in [0.4, 0.5) is 13.2 Å². The fourth-order valence-electron chi connectivity index (χ4n) is 2.61. The van der Waals surface area contributed by atoms with E-state index in [-0.39, 0.29) is 19.8 Å². The highest BCUT2D eigenvalue weighted by atomic mass is 19.4. The van der Waals surface area contributed by atoms with E-state index in [2.05, 4.69) is 21.6 Å². The van der Waals surface area contributed by atoms with Gasteiger partial charge in [0.05, 0.1) is 6.61 Å². The van der Waals surface area contributed by atoms with E-state index in [4.69, 9.17) is 10.5 Å². The zero-order chi connectivity index (χ0) is 20.0. The Balaban J connectivity index is 2.49. The van der Waals surface area contributed by atoms with Crippen LogP contribution in [-0.2, 0) is 13.2 Å². The Labute approximate surface area is 154 Å². The van der Waals surface area contributed by atoms with Crippen LogP contribution in [0.1, 0.15) is 23.6 Å². The molecule has 0 aliphatic carbocycles. The van der Waals surface area contributed by atoms with Gasteiger partial charge < -0.3 is 20.3 Å². The summed E-state index contributed by atoms with van der Waals surface area (Å²) in [6, 6.07) is 4.36. The SMILES string of the molecule is CC#CCOc1c(C)c(-c2ccc(OC(F)(F)F)nc2)cc(CN)c1CO. The predicted octanol–water partition coefficient (Wildman–Crippen LogP) is 3.31. The average molecular weight is 380 g/mol. The summed E-state index contributed by atoms with van der Waals surface area (Å²) in [7, 11) is 0. The van der Waals surface area contributed by atoms with Gasteiger partial charge in [-0.15, -0.1) is 19.1 Å². The zero-order valence-corrected chi connectivity index (χ0v) is 14.9. The molecule has 27 heavy (non-hydrogen) atoms. The van der Waals surface area contributed by atoms with Gasteiger partial charge >= 0.3 is 6.36 Å². The van der Waals surface area contributed by atoms with E-state index in [9.17, 15) is 18.3 Å². The fraction of sp³-hybridized carbons (Fsp3) is 0.316. The highest BCUT2D eigenvalue weighted by Crippen LogP contribution is 2.36. The van der Waals surface area contributed by atoms with Crippen LogP contribution in [0.15, 0.2) is 24.4 Å². The molecule has 1 aromatic carbocycles.